The number of fused-ring (bicyclic) bond motifs is 1. The van der Waals surface area contributed by atoms with E-state index in [1.165, 1.54) is 11.4 Å². The first-order valence-corrected chi connectivity index (χ1v) is 9.47. The number of benzene rings is 3. The van der Waals surface area contributed by atoms with Gasteiger partial charge in [-0.05, 0) is 48.5 Å². The van der Waals surface area contributed by atoms with Crippen molar-refractivity contribution in [2.45, 2.75) is 0 Å². The summed E-state index contributed by atoms with van der Waals surface area (Å²) in [5.74, 6) is 0.927. The molecule has 1 aliphatic rings. The third kappa shape index (κ3) is 3.14. The quantitative estimate of drug-likeness (QED) is 0.586. The first-order valence-electron chi connectivity index (χ1n) is 9.47. The van der Waals surface area contributed by atoms with Crippen LogP contribution in [0.15, 0.2) is 78.9 Å². The number of H-pyrrole nitrogens is 1. The van der Waals surface area contributed by atoms with Crippen molar-refractivity contribution in [3.63, 3.8) is 0 Å². The highest BCUT2D eigenvalue weighted by atomic mass is 15.3. The van der Waals surface area contributed by atoms with E-state index in [1.807, 2.05) is 18.2 Å². The highest BCUT2D eigenvalue weighted by Crippen LogP contribution is 2.25. The average Bonchev–Trinajstić information content (AvgIpc) is 3.19. The second-order valence-electron chi connectivity index (χ2n) is 6.96. The van der Waals surface area contributed by atoms with Crippen LogP contribution in [-0.2, 0) is 0 Å². The van der Waals surface area contributed by atoms with Crippen molar-refractivity contribution in [3.8, 4) is 11.4 Å². The van der Waals surface area contributed by atoms with E-state index in [4.69, 9.17) is 4.98 Å². The van der Waals surface area contributed by atoms with Crippen LogP contribution in [-0.4, -0.2) is 36.1 Å². The Morgan fingerprint density at radius 2 is 1.22 bits per heavy atom. The van der Waals surface area contributed by atoms with Gasteiger partial charge in [0.05, 0.1) is 11.0 Å². The minimum absolute atomic E-state index is 0.927. The van der Waals surface area contributed by atoms with Crippen molar-refractivity contribution in [1.29, 1.82) is 0 Å². The minimum atomic E-state index is 0.927. The highest BCUT2D eigenvalue weighted by molar-refractivity contribution is 5.79. The lowest BCUT2D eigenvalue weighted by atomic mass is 10.1. The summed E-state index contributed by atoms with van der Waals surface area (Å²) in [4.78, 5) is 13.0. The third-order valence-electron chi connectivity index (χ3n) is 5.30. The summed E-state index contributed by atoms with van der Waals surface area (Å²) in [6.07, 6.45) is 0. The number of imidazole rings is 1. The van der Waals surface area contributed by atoms with Crippen LogP contribution in [0.5, 0.6) is 0 Å². The van der Waals surface area contributed by atoms with E-state index < -0.39 is 0 Å². The van der Waals surface area contributed by atoms with Gasteiger partial charge in [-0.2, -0.15) is 0 Å². The fourth-order valence-electron chi connectivity index (χ4n) is 3.78. The van der Waals surface area contributed by atoms with Gasteiger partial charge in [-0.1, -0.05) is 30.3 Å². The predicted molar refractivity (Wildman–Crippen MR) is 112 cm³/mol. The number of anilines is 2. The smallest absolute Gasteiger partial charge is 0.138 e. The summed E-state index contributed by atoms with van der Waals surface area (Å²) in [7, 11) is 0. The lowest BCUT2D eigenvalue weighted by molar-refractivity contribution is 0.653. The molecule has 0 bridgehead atoms. The summed E-state index contributed by atoms with van der Waals surface area (Å²) in [6, 6.07) is 27.6. The Bertz CT molecular complexity index is 996. The molecular weight excluding hydrogens is 332 g/mol. The van der Waals surface area contributed by atoms with E-state index >= 15 is 0 Å². The molecule has 0 aliphatic carbocycles. The highest BCUT2D eigenvalue weighted by Gasteiger charge is 2.17. The fraction of sp³-hybridized carbons (Fsp3) is 0.174. The van der Waals surface area contributed by atoms with Gasteiger partial charge in [0.1, 0.15) is 5.82 Å². The summed E-state index contributed by atoms with van der Waals surface area (Å²) in [6.45, 7) is 4.18. The number of aromatic nitrogens is 2. The number of piperazine rings is 1. The Labute approximate surface area is 159 Å². The topological polar surface area (TPSA) is 35.2 Å². The average molecular weight is 354 g/mol. The van der Waals surface area contributed by atoms with Gasteiger partial charge in [-0.15, -0.1) is 0 Å². The maximum atomic E-state index is 4.69. The summed E-state index contributed by atoms with van der Waals surface area (Å²) >= 11 is 0. The van der Waals surface area contributed by atoms with Crippen LogP contribution >= 0.6 is 0 Å². The molecule has 5 rings (SSSR count). The Balaban J connectivity index is 1.29. The molecule has 1 N–H and O–H groups in total. The predicted octanol–water partition coefficient (Wildman–Crippen LogP) is 4.56. The molecule has 0 unspecified atom stereocenters. The van der Waals surface area contributed by atoms with Gasteiger partial charge in [-0.25, -0.2) is 4.98 Å². The molecule has 27 heavy (non-hydrogen) atoms. The zero-order valence-electron chi connectivity index (χ0n) is 15.2. The van der Waals surface area contributed by atoms with E-state index in [9.17, 15) is 0 Å². The van der Waals surface area contributed by atoms with Crippen LogP contribution in [0.2, 0.25) is 0 Å². The van der Waals surface area contributed by atoms with Crippen LogP contribution in [0.3, 0.4) is 0 Å². The van der Waals surface area contributed by atoms with Gasteiger partial charge in [-0.3, -0.25) is 0 Å². The standard InChI is InChI=1S/C23H22N4/c1-2-6-19(7-3-1)26-14-16-27(17-15-26)20-12-10-18(11-13-20)23-24-21-8-4-5-9-22(21)25-23/h1-13H,14-17H2,(H,24,25). The molecule has 4 aromatic rings. The molecule has 0 spiro atoms. The van der Waals surface area contributed by atoms with Crippen LogP contribution in [0.1, 0.15) is 0 Å². The second-order valence-corrected chi connectivity index (χ2v) is 6.96. The van der Waals surface area contributed by atoms with E-state index in [0.717, 1.165) is 48.6 Å². The molecule has 2 heterocycles. The molecule has 0 saturated carbocycles. The van der Waals surface area contributed by atoms with Crippen molar-refractivity contribution >= 4 is 22.4 Å². The number of hydrogen-bond donors (Lipinski definition) is 1. The van der Waals surface area contributed by atoms with Crippen LogP contribution in [0, 0.1) is 0 Å². The molecule has 4 nitrogen and oxygen atoms in total. The van der Waals surface area contributed by atoms with Gasteiger partial charge in [0.15, 0.2) is 0 Å². The van der Waals surface area contributed by atoms with Gasteiger partial charge >= 0.3 is 0 Å². The molecule has 1 aliphatic heterocycles. The first kappa shape index (κ1) is 15.9. The maximum Gasteiger partial charge on any atom is 0.138 e. The molecule has 1 aromatic heterocycles. The molecule has 1 fully saturated rings. The van der Waals surface area contributed by atoms with E-state index in [0.29, 0.717) is 0 Å². The Hall–Kier alpha value is -3.27. The van der Waals surface area contributed by atoms with Gasteiger partial charge in [0.2, 0.25) is 0 Å². The molecule has 0 radical (unpaired) electrons. The van der Waals surface area contributed by atoms with Crippen molar-refractivity contribution in [3.05, 3.63) is 78.9 Å². The minimum Gasteiger partial charge on any atom is -0.368 e. The maximum absolute atomic E-state index is 4.69. The Morgan fingerprint density at radius 3 is 1.89 bits per heavy atom. The molecule has 134 valence electrons. The third-order valence-corrected chi connectivity index (χ3v) is 5.30. The fourth-order valence-corrected chi connectivity index (χ4v) is 3.78. The number of para-hydroxylation sites is 3. The van der Waals surface area contributed by atoms with Crippen molar-refractivity contribution in [2.24, 2.45) is 0 Å². The normalized spacial score (nSPS) is 14.7. The zero-order valence-corrected chi connectivity index (χ0v) is 15.2. The Morgan fingerprint density at radius 1 is 0.630 bits per heavy atom. The summed E-state index contributed by atoms with van der Waals surface area (Å²) < 4.78 is 0. The largest absolute Gasteiger partial charge is 0.368 e. The van der Waals surface area contributed by atoms with Gasteiger partial charge in [0, 0.05) is 43.1 Å². The lowest BCUT2D eigenvalue weighted by Crippen LogP contribution is -2.46. The zero-order chi connectivity index (χ0) is 18.1. The van der Waals surface area contributed by atoms with E-state index in [-0.39, 0.29) is 0 Å². The van der Waals surface area contributed by atoms with E-state index in [1.54, 1.807) is 0 Å². The molecule has 0 amide bonds. The first-order chi connectivity index (χ1) is 13.4. The van der Waals surface area contributed by atoms with Crippen LogP contribution < -0.4 is 9.80 Å². The van der Waals surface area contributed by atoms with Crippen molar-refractivity contribution in [1.82, 2.24) is 9.97 Å². The molecule has 3 aromatic carbocycles. The van der Waals surface area contributed by atoms with Crippen molar-refractivity contribution < 1.29 is 0 Å². The van der Waals surface area contributed by atoms with Crippen LogP contribution in [0.25, 0.3) is 22.4 Å². The Kier molecular flexibility index (Phi) is 4.02. The number of nitrogens with zero attached hydrogens (tertiary/aromatic N) is 3. The van der Waals surface area contributed by atoms with Gasteiger partial charge < -0.3 is 14.8 Å². The number of hydrogen-bond acceptors (Lipinski definition) is 3. The summed E-state index contributed by atoms with van der Waals surface area (Å²) in [5, 5.41) is 0. The molecule has 1 saturated heterocycles. The van der Waals surface area contributed by atoms with Gasteiger partial charge in [0.25, 0.3) is 0 Å². The number of rotatable bonds is 3. The number of aromatic amines is 1. The molecule has 0 atom stereocenters. The number of nitrogens with one attached hydrogen (secondary N) is 1. The lowest BCUT2D eigenvalue weighted by Gasteiger charge is -2.37. The SMILES string of the molecule is c1ccc(N2CCN(c3ccc(-c4nc5ccccc5[nH]4)cc3)CC2)cc1. The molecule has 4 heteroatoms. The van der Waals surface area contributed by atoms with E-state index in [2.05, 4.69) is 75.4 Å². The summed E-state index contributed by atoms with van der Waals surface area (Å²) in [5.41, 5.74) is 5.81. The second kappa shape index (κ2) is 6.80. The van der Waals surface area contributed by atoms with Crippen molar-refractivity contribution in [2.75, 3.05) is 36.0 Å². The molecular formula is C23H22N4. The monoisotopic (exact) mass is 354 g/mol. The van der Waals surface area contributed by atoms with Crippen LogP contribution in [0.4, 0.5) is 11.4 Å².